The highest BCUT2D eigenvalue weighted by Gasteiger charge is 2.44. The molecule has 7 nitrogen and oxygen atoms in total. The van der Waals surface area contributed by atoms with Gasteiger partial charge in [-0.1, -0.05) is 23.9 Å². The fraction of sp³-hybridized carbons (Fsp3) is 0.368. The summed E-state index contributed by atoms with van der Waals surface area (Å²) in [5.74, 6) is -0.822. The van der Waals surface area contributed by atoms with Crippen molar-refractivity contribution in [2.75, 3.05) is 10.2 Å². The number of aryl methyl sites for hydroxylation is 1. The highest BCUT2D eigenvalue weighted by atomic mass is 32.2. The maximum absolute atomic E-state index is 13.3. The average molecular weight is 419 g/mol. The number of anilines is 2. The first-order valence-electron chi connectivity index (χ1n) is 8.77. The second-order valence-corrected chi connectivity index (χ2v) is 9.77. The van der Waals surface area contributed by atoms with Crippen molar-refractivity contribution in [3.8, 4) is 0 Å². The third-order valence-corrected chi connectivity index (χ3v) is 6.90. The van der Waals surface area contributed by atoms with Gasteiger partial charge in [0.2, 0.25) is 17.7 Å². The first-order valence-corrected chi connectivity index (χ1v) is 10.5. The summed E-state index contributed by atoms with van der Waals surface area (Å²) in [6.45, 7) is 7.07. The highest BCUT2D eigenvalue weighted by molar-refractivity contribution is 8.02. The van der Waals surface area contributed by atoms with Crippen LogP contribution in [0.5, 0.6) is 0 Å². The average Bonchev–Trinajstić information content (AvgIpc) is 2.93. The Morgan fingerprint density at radius 3 is 2.71 bits per heavy atom. The van der Waals surface area contributed by atoms with Gasteiger partial charge in [0, 0.05) is 4.88 Å². The Hall–Kier alpha value is -2.39. The van der Waals surface area contributed by atoms with E-state index in [1.54, 1.807) is 31.7 Å². The lowest BCUT2D eigenvalue weighted by molar-refractivity contribution is -0.126. The van der Waals surface area contributed by atoms with Crippen molar-refractivity contribution in [2.24, 2.45) is 5.73 Å². The second kappa shape index (κ2) is 7.56. The summed E-state index contributed by atoms with van der Waals surface area (Å²) in [5.41, 5.74) is 6.29. The summed E-state index contributed by atoms with van der Waals surface area (Å²) in [7, 11) is 0. The number of aromatic nitrogens is 1. The van der Waals surface area contributed by atoms with Crippen LogP contribution in [0.15, 0.2) is 28.6 Å². The number of hydrogen-bond donors (Lipinski definition) is 2. The van der Waals surface area contributed by atoms with Gasteiger partial charge < -0.3 is 11.1 Å². The molecule has 1 aliphatic heterocycles. The zero-order valence-corrected chi connectivity index (χ0v) is 17.7. The van der Waals surface area contributed by atoms with Gasteiger partial charge in [-0.3, -0.25) is 19.3 Å². The number of benzene rings is 1. The summed E-state index contributed by atoms with van der Waals surface area (Å²) >= 11 is 2.68. The zero-order chi connectivity index (χ0) is 20.6. The number of hydrogen-bond acceptors (Lipinski definition) is 6. The van der Waals surface area contributed by atoms with Gasteiger partial charge in [0.1, 0.15) is 5.54 Å². The number of nitrogens with one attached hydrogen (secondary N) is 1. The minimum absolute atomic E-state index is 0.138. The van der Waals surface area contributed by atoms with Gasteiger partial charge in [-0.15, -0.1) is 11.3 Å². The number of nitrogens with zero attached hydrogens (tertiary/aromatic N) is 2. The minimum Gasteiger partial charge on any atom is -0.369 e. The zero-order valence-electron chi connectivity index (χ0n) is 16.1. The van der Waals surface area contributed by atoms with Gasteiger partial charge in [0.15, 0.2) is 4.34 Å². The molecule has 0 spiro atoms. The number of para-hydroxylation sites is 2. The number of carbonyl (C=O) groups is 3. The van der Waals surface area contributed by atoms with E-state index in [9.17, 15) is 14.4 Å². The van der Waals surface area contributed by atoms with Crippen molar-refractivity contribution in [1.29, 1.82) is 0 Å². The van der Waals surface area contributed by atoms with Crippen molar-refractivity contribution in [3.05, 3.63) is 34.8 Å². The predicted molar refractivity (Wildman–Crippen MR) is 112 cm³/mol. The van der Waals surface area contributed by atoms with Crippen molar-refractivity contribution in [2.45, 2.75) is 49.2 Å². The predicted octanol–water partition coefficient (Wildman–Crippen LogP) is 2.72. The van der Waals surface area contributed by atoms with Gasteiger partial charge in [-0.25, -0.2) is 4.98 Å². The lowest BCUT2D eigenvalue weighted by atomic mass is 9.96. The lowest BCUT2D eigenvalue weighted by Gasteiger charge is -2.43. The quantitative estimate of drug-likeness (QED) is 0.727. The van der Waals surface area contributed by atoms with E-state index in [2.05, 4.69) is 10.3 Å². The Balaban J connectivity index is 1.86. The van der Waals surface area contributed by atoms with Crippen LogP contribution in [0.3, 0.4) is 0 Å². The summed E-state index contributed by atoms with van der Waals surface area (Å²) in [6, 6.07) is 7.26. The number of thiazole rings is 1. The van der Waals surface area contributed by atoms with E-state index in [0.717, 1.165) is 10.6 Å². The summed E-state index contributed by atoms with van der Waals surface area (Å²) in [6.07, 6.45) is 0.138. The Morgan fingerprint density at radius 1 is 1.36 bits per heavy atom. The van der Waals surface area contributed by atoms with Gasteiger partial charge >= 0.3 is 0 Å². The number of rotatable bonds is 5. The molecular weight excluding hydrogens is 396 g/mol. The summed E-state index contributed by atoms with van der Waals surface area (Å²) < 4.78 is 0.696. The third-order valence-electron chi connectivity index (χ3n) is 4.56. The molecule has 1 aliphatic rings. The fourth-order valence-corrected chi connectivity index (χ4v) is 5.43. The van der Waals surface area contributed by atoms with Crippen molar-refractivity contribution in [1.82, 2.24) is 4.98 Å². The Kier molecular flexibility index (Phi) is 5.49. The molecule has 1 aromatic carbocycles. The van der Waals surface area contributed by atoms with Crippen LogP contribution in [0.1, 0.15) is 31.3 Å². The molecule has 3 rings (SSSR count). The molecule has 9 heteroatoms. The van der Waals surface area contributed by atoms with Crippen LogP contribution in [0.4, 0.5) is 11.4 Å². The molecule has 0 unspecified atom stereocenters. The van der Waals surface area contributed by atoms with Crippen molar-refractivity contribution in [3.63, 3.8) is 0 Å². The molecule has 0 fully saturated rings. The Morgan fingerprint density at radius 2 is 2.04 bits per heavy atom. The monoisotopic (exact) mass is 418 g/mol. The van der Waals surface area contributed by atoms with Gasteiger partial charge in [-0.05, 0) is 39.8 Å². The number of carbonyl (C=O) groups excluding carboxylic acids is 3. The molecule has 28 heavy (non-hydrogen) atoms. The molecule has 148 valence electrons. The maximum atomic E-state index is 13.3. The first kappa shape index (κ1) is 20.3. The van der Waals surface area contributed by atoms with Crippen LogP contribution in [-0.4, -0.2) is 33.5 Å². The van der Waals surface area contributed by atoms with Crippen LogP contribution in [-0.2, 0) is 20.8 Å². The second-order valence-electron chi connectivity index (χ2n) is 7.10. The summed E-state index contributed by atoms with van der Waals surface area (Å²) in [4.78, 5) is 43.9. The van der Waals surface area contributed by atoms with E-state index >= 15 is 0 Å². The number of thioether (sulfide) groups is 1. The molecule has 1 aromatic heterocycles. The first-order chi connectivity index (χ1) is 13.1. The Labute approximate surface area is 171 Å². The molecule has 0 saturated carbocycles. The minimum atomic E-state index is -1.02. The number of amides is 3. The van der Waals surface area contributed by atoms with Gasteiger partial charge in [0.05, 0.1) is 28.7 Å². The summed E-state index contributed by atoms with van der Waals surface area (Å²) in [5, 5.41) is 2.39. The third kappa shape index (κ3) is 3.77. The highest BCUT2D eigenvalue weighted by Crippen LogP contribution is 2.39. The Bertz CT molecular complexity index is 954. The molecule has 1 atom stereocenters. The standard InChI is InChI=1S/C19H22N4O3S2/c1-10-14(9-15(20)24)28-18(21-10)27-11(2)16(25)23-13-8-6-5-7-12(13)22-17(26)19(23,3)4/h5-8,11H,9H2,1-4H3,(H2,20,24)(H,22,26)/t11-/m1/s1. The molecule has 0 saturated heterocycles. The molecule has 0 bridgehead atoms. The van der Waals surface area contributed by atoms with Crippen molar-refractivity contribution >= 4 is 52.2 Å². The number of primary amides is 1. The maximum Gasteiger partial charge on any atom is 0.250 e. The molecule has 3 N–H and O–H groups in total. The smallest absolute Gasteiger partial charge is 0.250 e. The fourth-order valence-electron chi connectivity index (χ4n) is 3.00. The molecule has 2 heterocycles. The molecule has 3 amide bonds. The SMILES string of the molecule is Cc1nc(S[C@H](C)C(=O)N2c3ccccc3NC(=O)C2(C)C)sc1CC(N)=O. The van der Waals surface area contributed by atoms with E-state index < -0.39 is 16.7 Å². The van der Waals surface area contributed by atoms with Crippen molar-refractivity contribution < 1.29 is 14.4 Å². The normalized spacial score (nSPS) is 16.3. The largest absolute Gasteiger partial charge is 0.369 e. The molecule has 2 aromatic rings. The van der Waals surface area contributed by atoms with E-state index in [1.165, 1.54) is 23.1 Å². The lowest BCUT2D eigenvalue weighted by Crippen LogP contribution is -2.60. The van der Waals surface area contributed by atoms with Crippen LogP contribution in [0, 0.1) is 6.92 Å². The van der Waals surface area contributed by atoms with Crippen LogP contribution < -0.4 is 16.0 Å². The number of fused-ring (bicyclic) bond motifs is 1. The molecule has 0 aliphatic carbocycles. The van der Waals surface area contributed by atoms with Crippen LogP contribution in [0.2, 0.25) is 0 Å². The van der Waals surface area contributed by atoms with Crippen LogP contribution in [0.25, 0.3) is 0 Å². The van der Waals surface area contributed by atoms with E-state index in [-0.39, 0.29) is 18.2 Å². The van der Waals surface area contributed by atoms with E-state index in [0.29, 0.717) is 15.7 Å². The van der Waals surface area contributed by atoms with E-state index in [1.807, 2.05) is 25.1 Å². The van der Waals surface area contributed by atoms with Gasteiger partial charge in [0.25, 0.3) is 0 Å². The molecule has 0 radical (unpaired) electrons. The number of nitrogens with two attached hydrogens (primary N) is 1. The van der Waals surface area contributed by atoms with E-state index in [4.69, 9.17) is 5.73 Å². The van der Waals surface area contributed by atoms with Crippen LogP contribution >= 0.6 is 23.1 Å². The molecular formula is C19H22N4O3S2. The topological polar surface area (TPSA) is 105 Å². The van der Waals surface area contributed by atoms with Gasteiger partial charge in [-0.2, -0.15) is 0 Å².